The molecule has 0 radical (unpaired) electrons. The van der Waals surface area contributed by atoms with Crippen LogP contribution in [0, 0.1) is 6.92 Å². The number of nitrogens with zero attached hydrogens (tertiary/aromatic N) is 2. The first-order valence-electron chi connectivity index (χ1n) is 8.82. The van der Waals surface area contributed by atoms with Crippen molar-refractivity contribution in [1.82, 2.24) is 0 Å². The van der Waals surface area contributed by atoms with E-state index in [1.54, 1.807) is 6.07 Å². The summed E-state index contributed by atoms with van der Waals surface area (Å²) in [7, 11) is 0. The van der Waals surface area contributed by atoms with Gasteiger partial charge >= 0.3 is 5.95 Å². The fraction of sp³-hybridized carbons (Fsp3) is 0.0435. The summed E-state index contributed by atoms with van der Waals surface area (Å²) in [6, 6.07) is 26.3. The normalized spacial score (nSPS) is 11.0. The van der Waals surface area contributed by atoms with E-state index in [9.17, 15) is 5.11 Å². The van der Waals surface area contributed by atoms with Crippen LogP contribution >= 0.6 is 0 Å². The van der Waals surface area contributed by atoms with Gasteiger partial charge in [-0.3, -0.25) is 0 Å². The van der Waals surface area contributed by atoms with E-state index in [-0.39, 0.29) is 11.6 Å². The Labute approximate surface area is 162 Å². The first-order chi connectivity index (χ1) is 13.7. The number of rotatable bonds is 5. The fourth-order valence-electron chi connectivity index (χ4n) is 2.70. The SMILES string of the molecule is Cc1cccc(N=Nc2cc(-c3ccc(Oc4ccccc4)cc3)oc2O)c1. The highest BCUT2D eigenvalue weighted by molar-refractivity contribution is 5.65. The van der Waals surface area contributed by atoms with Crippen LogP contribution in [0.15, 0.2) is 99.6 Å². The van der Waals surface area contributed by atoms with E-state index in [4.69, 9.17) is 9.15 Å². The Kier molecular flexibility index (Phi) is 4.89. The largest absolute Gasteiger partial charge is 0.479 e. The Bertz CT molecular complexity index is 1100. The van der Waals surface area contributed by atoms with Crippen molar-refractivity contribution in [3.8, 4) is 28.8 Å². The van der Waals surface area contributed by atoms with Crippen molar-refractivity contribution in [2.45, 2.75) is 6.92 Å². The van der Waals surface area contributed by atoms with Crippen LogP contribution in [0.25, 0.3) is 11.3 Å². The number of hydrogen-bond acceptors (Lipinski definition) is 5. The summed E-state index contributed by atoms with van der Waals surface area (Å²) in [5.74, 6) is 1.72. The summed E-state index contributed by atoms with van der Waals surface area (Å²) >= 11 is 0. The van der Waals surface area contributed by atoms with Crippen LogP contribution in [0.3, 0.4) is 0 Å². The van der Waals surface area contributed by atoms with Gasteiger partial charge in [0.2, 0.25) is 0 Å². The molecule has 4 rings (SSSR count). The topological polar surface area (TPSA) is 67.3 Å². The number of ether oxygens (including phenoxy) is 1. The molecule has 0 saturated carbocycles. The molecule has 28 heavy (non-hydrogen) atoms. The molecule has 4 aromatic rings. The van der Waals surface area contributed by atoms with Crippen molar-refractivity contribution >= 4 is 11.4 Å². The minimum absolute atomic E-state index is 0.268. The van der Waals surface area contributed by atoms with E-state index in [0.717, 1.165) is 16.9 Å². The Morgan fingerprint density at radius 1 is 0.786 bits per heavy atom. The molecule has 0 fully saturated rings. The first-order valence-corrected chi connectivity index (χ1v) is 8.82. The van der Waals surface area contributed by atoms with E-state index in [1.807, 2.05) is 85.8 Å². The lowest BCUT2D eigenvalue weighted by molar-refractivity contribution is 0.339. The van der Waals surface area contributed by atoms with Gasteiger partial charge in [0.1, 0.15) is 17.3 Å². The van der Waals surface area contributed by atoms with Gasteiger partial charge in [0.05, 0.1) is 5.69 Å². The maximum Gasteiger partial charge on any atom is 0.311 e. The van der Waals surface area contributed by atoms with Crippen LogP contribution in [0.1, 0.15) is 5.56 Å². The fourth-order valence-corrected chi connectivity index (χ4v) is 2.70. The van der Waals surface area contributed by atoms with Gasteiger partial charge in [-0.2, -0.15) is 5.11 Å². The minimum atomic E-state index is -0.268. The molecule has 0 saturated heterocycles. The van der Waals surface area contributed by atoms with Crippen molar-refractivity contribution < 1.29 is 14.3 Å². The van der Waals surface area contributed by atoms with Gasteiger partial charge in [-0.15, -0.1) is 5.11 Å². The van der Waals surface area contributed by atoms with Crippen molar-refractivity contribution in [3.63, 3.8) is 0 Å². The molecule has 1 aromatic heterocycles. The van der Waals surface area contributed by atoms with Gasteiger partial charge in [0.25, 0.3) is 0 Å². The van der Waals surface area contributed by atoms with E-state index in [1.165, 1.54) is 0 Å². The number of hydrogen-bond donors (Lipinski definition) is 1. The number of aromatic hydroxyl groups is 1. The second-order valence-corrected chi connectivity index (χ2v) is 6.28. The monoisotopic (exact) mass is 370 g/mol. The van der Waals surface area contributed by atoms with Crippen molar-refractivity contribution in [2.24, 2.45) is 10.2 Å². The highest BCUT2D eigenvalue weighted by atomic mass is 16.5. The molecule has 0 atom stereocenters. The molecule has 0 aliphatic rings. The Balaban J connectivity index is 1.51. The lowest BCUT2D eigenvalue weighted by Gasteiger charge is -2.05. The lowest BCUT2D eigenvalue weighted by Crippen LogP contribution is -1.83. The van der Waals surface area contributed by atoms with Crippen LogP contribution in [0.4, 0.5) is 11.4 Å². The van der Waals surface area contributed by atoms with Crippen LogP contribution in [0.5, 0.6) is 17.4 Å². The van der Waals surface area contributed by atoms with E-state index in [0.29, 0.717) is 17.2 Å². The number of benzene rings is 3. The minimum Gasteiger partial charge on any atom is -0.479 e. The highest BCUT2D eigenvalue weighted by Crippen LogP contribution is 2.37. The molecule has 0 amide bonds. The van der Waals surface area contributed by atoms with Gasteiger partial charge in [0.15, 0.2) is 5.69 Å². The lowest BCUT2D eigenvalue weighted by atomic mass is 10.1. The zero-order valence-corrected chi connectivity index (χ0v) is 15.2. The zero-order chi connectivity index (χ0) is 19.3. The molecule has 1 heterocycles. The molecule has 0 spiro atoms. The molecular weight excluding hydrogens is 352 g/mol. The second-order valence-electron chi connectivity index (χ2n) is 6.28. The number of azo groups is 1. The molecule has 138 valence electrons. The quantitative estimate of drug-likeness (QED) is 0.379. The predicted octanol–water partition coefficient (Wildman–Crippen LogP) is 7.17. The average Bonchev–Trinajstić information content (AvgIpc) is 3.08. The van der Waals surface area contributed by atoms with E-state index in [2.05, 4.69) is 10.2 Å². The number of para-hydroxylation sites is 1. The summed E-state index contributed by atoms with van der Waals surface area (Å²) < 4.78 is 11.2. The van der Waals surface area contributed by atoms with Gasteiger partial charge < -0.3 is 14.3 Å². The first kappa shape index (κ1) is 17.5. The van der Waals surface area contributed by atoms with Gasteiger partial charge in [-0.25, -0.2) is 0 Å². The molecule has 0 aliphatic carbocycles. The van der Waals surface area contributed by atoms with Gasteiger partial charge in [0, 0.05) is 11.6 Å². The van der Waals surface area contributed by atoms with Crippen molar-refractivity contribution in [1.29, 1.82) is 0 Å². The summed E-state index contributed by atoms with van der Waals surface area (Å²) in [6.07, 6.45) is 0. The summed E-state index contributed by atoms with van der Waals surface area (Å²) in [6.45, 7) is 1.98. The smallest absolute Gasteiger partial charge is 0.311 e. The Morgan fingerprint density at radius 2 is 1.54 bits per heavy atom. The summed E-state index contributed by atoms with van der Waals surface area (Å²) in [5.41, 5.74) is 2.88. The van der Waals surface area contributed by atoms with Crippen LogP contribution in [-0.2, 0) is 0 Å². The third kappa shape index (κ3) is 4.10. The summed E-state index contributed by atoms with van der Waals surface area (Å²) in [4.78, 5) is 0. The number of furan rings is 1. The maximum atomic E-state index is 10.0. The Hall–Kier alpha value is -3.86. The van der Waals surface area contributed by atoms with Crippen LogP contribution in [-0.4, -0.2) is 5.11 Å². The third-order valence-corrected chi connectivity index (χ3v) is 4.09. The molecule has 5 nitrogen and oxygen atoms in total. The predicted molar refractivity (Wildman–Crippen MR) is 108 cm³/mol. The summed E-state index contributed by atoms with van der Waals surface area (Å²) in [5, 5.41) is 18.3. The molecule has 3 aromatic carbocycles. The highest BCUT2D eigenvalue weighted by Gasteiger charge is 2.12. The second kappa shape index (κ2) is 7.80. The van der Waals surface area contributed by atoms with Gasteiger partial charge in [-0.05, 0) is 61.0 Å². The molecule has 0 aliphatic heterocycles. The maximum absolute atomic E-state index is 10.0. The third-order valence-electron chi connectivity index (χ3n) is 4.09. The van der Waals surface area contributed by atoms with Gasteiger partial charge in [-0.1, -0.05) is 30.3 Å². The molecule has 0 unspecified atom stereocenters. The molecule has 0 bridgehead atoms. The molecule has 1 N–H and O–H groups in total. The van der Waals surface area contributed by atoms with E-state index >= 15 is 0 Å². The van der Waals surface area contributed by atoms with Crippen molar-refractivity contribution in [3.05, 3.63) is 90.5 Å². The van der Waals surface area contributed by atoms with Crippen molar-refractivity contribution in [2.75, 3.05) is 0 Å². The standard InChI is InChI=1S/C23H18N2O3/c1-16-6-5-7-18(14-16)24-25-21-15-22(28-23(21)26)17-10-12-20(13-11-17)27-19-8-3-2-4-9-19/h2-15,26H,1H3. The zero-order valence-electron chi connectivity index (χ0n) is 15.2. The van der Waals surface area contributed by atoms with E-state index < -0.39 is 0 Å². The molecule has 5 heteroatoms. The Morgan fingerprint density at radius 3 is 2.29 bits per heavy atom. The number of aryl methyl sites for hydroxylation is 1. The van der Waals surface area contributed by atoms with Crippen LogP contribution < -0.4 is 4.74 Å². The average molecular weight is 370 g/mol. The molecular formula is C23H18N2O3. The van der Waals surface area contributed by atoms with Crippen LogP contribution in [0.2, 0.25) is 0 Å².